The third kappa shape index (κ3) is 4.16. The highest BCUT2D eigenvalue weighted by Crippen LogP contribution is 2.35. The Morgan fingerprint density at radius 1 is 1.29 bits per heavy atom. The highest BCUT2D eigenvalue weighted by Gasteiger charge is 2.21. The Morgan fingerprint density at radius 2 is 2.00 bits per heavy atom. The SMILES string of the molecule is CC(=O)Nc1nc(C)c(-c2cnc(Cl)c(NS(=O)(=O)c3cn(C)c(C)n3)c2)s1. The number of thiazole rings is 1. The van der Waals surface area contributed by atoms with E-state index in [9.17, 15) is 13.2 Å². The smallest absolute Gasteiger partial charge is 0.281 e. The number of hydrogen-bond acceptors (Lipinski definition) is 7. The number of imidazole rings is 1. The minimum Gasteiger partial charge on any atom is -0.337 e. The van der Waals surface area contributed by atoms with Crippen LogP contribution >= 0.6 is 22.9 Å². The van der Waals surface area contributed by atoms with Crippen molar-refractivity contribution in [3.63, 3.8) is 0 Å². The van der Waals surface area contributed by atoms with E-state index in [-0.39, 0.29) is 21.8 Å². The van der Waals surface area contributed by atoms with Crippen LogP contribution < -0.4 is 10.0 Å². The van der Waals surface area contributed by atoms with Gasteiger partial charge in [-0.25, -0.2) is 15.0 Å². The Hall–Kier alpha value is -2.50. The molecule has 3 aromatic rings. The van der Waals surface area contributed by atoms with Crippen molar-refractivity contribution in [3.8, 4) is 10.4 Å². The third-order valence-electron chi connectivity index (χ3n) is 3.79. The molecular weight excluding hydrogens is 424 g/mol. The molecule has 0 aromatic carbocycles. The summed E-state index contributed by atoms with van der Waals surface area (Å²) < 4.78 is 29.3. The summed E-state index contributed by atoms with van der Waals surface area (Å²) >= 11 is 7.35. The average molecular weight is 441 g/mol. The largest absolute Gasteiger partial charge is 0.337 e. The summed E-state index contributed by atoms with van der Waals surface area (Å²) in [6.45, 7) is 4.88. The van der Waals surface area contributed by atoms with Crippen molar-refractivity contribution in [2.75, 3.05) is 10.0 Å². The van der Waals surface area contributed by atoms with Gasteiger partial charge in [-0.05, 0) is 19.9 Å². The molecule has 28 heavy (non-hydrogen) atoms. The fraction of sp³-hybridized carbons (Fsp3) is 0.250. The van der Waals surface area contributed by atoms with Crippen LogP contribution in [0.15, 0.2) is 23.5 Å². The molecule has 0 unspecified atom stereocenters. The van der Waals surface area contributed by atoms with Gasteiger partial charge in [-0.1, -0.05) is 22.9 Å². The number of nitrogens with zero attached hydrogens (tertiary/aromatic N) is 4. The minimum atomic E-state index is -3.93. The normalized spacial score (nSPS) is 11.5. The molecule has 2 N–H and O–H groups in total. The van der Waals surface area contributed by atoms with Gasteiger partial charge in [0.25, 0.3) is 10.0 Å². The lowest BCUT2D eigenvalue weighted by atomic mass is 10.2. The summed E-state index contributed by atoms with van der Waals surface area (Å²) in [4.78, 5) is 24.4. The fourth-order valence-electron chi connectivity index (χ4n) is 2.36. The van der Waals surface area contributed by atoms with Gasteiger partial charge in [0.15, 0.2) is 15.3 Å². The molecule has 3 aromatic heterocycles. The summed E-state index contributed by atoms with van der Waals surface area (Å²) in [6.07, 6.45) is 2.93. The van der Waals surface area contributed by atoms with Gasteiger partial charge in [-0.2, -0.15) is 8.42 Å². The van der Waals surface area contributed by atoms with Gasteiger partial charge in [-0.3, -0.25) is 9.52 Å². The van der Waals surface area contributed by atoms with E-state index in [0.717, 1.165) is 4.88 Å². The van der Waals surface area contributed by atoms with Crippen molar-refractivity contribution < 1.29 is 13.2 Å². The molecule has 0 aliphatic heterocycles. The van der Waals surface area contributed by atoms with Crippen molar-refractivity contribution in [1.29, 1.82) is 0 Å². The standard InChI is InChI=1S/C16H17ClN6O3S2/c1-8-14(27-16(19-8)21-10(3)24)11-5-12(15(17)18-6-11)22-28(25,26)13-7-23(4)9(2)20-13/h5-7,22H,1-4H3,(H,19,21,24). The fourth-order valence-corrected chi connectivity index (χ4v) is 4.66. The molecule has 0 saturated carbocycles. The number of hydrogen-bond donors (Lipinski definition) is 2. The van der Waals surface area contributed by atoms with E-state index in [2.05, 4.69) is 25.0 Å². The van der Waals surface area contributed by atoms with Crippen LogP contribution in [0.1, 0.15) is 18.4 Å². The van der Waals surface area contributed by atoms with Crippen LogP contribution in [0, 0.1) is 13.8 Å². The molecule has 0 fully saturated rings. The highest BCUT2D eigenvalue weighted by atomic mass is 35.5. The number of nitrogens with one attached hydrogen (secondary N) is 2. The number of aromatic nitrogens is 4. The Morgan fingerprint density at radius 3 is 2.61 bits per heavy atom. The molecule has 9 nitrogen and oxygen atoms in total. The lowest BCUT2D eigenvalue weighted by molar-refractivity contribution is -0.114. The lowest BCUT2D eigenvalue weighted by Crippen LogP contribution is -2.14. The molecule has 3 heterocycles. The predicted molar refractivity (Wildman–Crippen MR) is 108 cm³/mol. The van der Waals surface area contributed by atoms with Crippen molar-refractivity contribution in [2.45, 2.75) is 25.8 Å². The van der Waals surface area contributed by atoms with E-state index in [0.29, 0.717) is 22.2 Å². The molecule has 0 aliphatic rings. The molecular formula is C16H17ClN6O3S2. The quantitative estimate of drug-likeness (QED) is 0.588. The Balaban J connectivity index is 1.96. The van der Waals surface area contributed by atoms with Gasteiger partial charge in [0, 0.05) is 31.9 Å². The number of amides is 1. The molecule has 0 aliphatic carbocycles. The molecule has 0 radical (unpaired) electrons. The molecule has 0 saturated heterocycles. The minimum absolute atomic E-state index is 0.00392. The Kier molecular flexibility index (Phi) is 5.41. The molecule has 148 valence electrons. The molecule has 1 amide bonds. The monoisotopic (exact) mass is 440 g/mol. The van der Waals surface area contributed by atoms with E-state index in [1.54, 1.807) is 31.5 Å². The van der Waals surface area contributed by atoms with Crippen LogP contribution in [0.5, 0.6) is 0 Å². The summed E-state index contributed by atoms with van der Waals surface area (Å²) in [5, 5.41) is 2.96. The zero-order valence-corrected chi connectivity index (χ0v) is 17.8. The maximum absolute atomic E-state index is 12.6. The van der Waals surface area contributed by atoms with Crippen molar-refractivity contribution in [3.05, 3.63) is 35.1 Å². The maximum Gasteiger partial charge on any atom is 0.281 e. The molecule has 0 bridgehead atoms. The third-order valence-corrected chi connectivity index (χ3v) is 6.45. The molecule has 0 spiro atoms. The number of rotatable bonds is 5. The second-order valence-electron chi connectivity index (χ2n) is 6.02. The second-order valence-corrected chi connectivity index (χ2v) is 9.01. The summed E-state index contributed by atoms with van der Waals surface area (Å²) in [6, 6.07) is 1.57. The van der Waals surface area contributed by atoms with E-state index < -0.39 is 10.0 Å². The van der Waals surface area contributed by atoms with Crippen LogP contribution in [0.25, 0.3) is 10.4 Å². The van der Waals surface area contributed by atoms with Gasteiger partial charge >= 0.3 is 0 Å². The number of carbonyl (C=O) groups is 1. The van der Waals surface area contributed by atoms with E-state index in [1.165, 1.54) is 30.7 Å². The summed E-state index contributed by atoms with van der Waals surface area (Å²) in [5.74, 6) is 0.331. The van der Waals surface area contributed by atoms with Gasteiger partial charge < -0.3 is 9.88 Å². The van der Waals surface area contributed by atoms with Crippen LogP contribution in [-0.2, 0) is 21.9 Å². The first-order valence-corrected chi connectivity index (χ1v) is 10.7. The molecule has 12 heteroatoms. The second kappa shape index (κ2) is 7.49. The number of pyridine rings is 1. The van der Waals surface area contributed by atoms with Gasteiger partial charge in [0.2, 0.25) is 5.91 Å². The predicted octanol–water partition coefficient (Wildman–Crippen LogP) is 2.97. The Bertz CT molecular complexity index is 1150. The number of sulfonamides is 1. The van der Waals surface area contributed by atoms with Crippen LogP contribution in [0.4, 0.5) is 10.8 Å². The number of aryl methyl sites for hydroxylation is 3. The van der Waals surface area contributed by atoms with Gasteiger partial charge in [0.1, 0.15) is 5.82 Å². The number of carbonyl (C=O) groups excluding carboxylic acids is 1. The first-order valence-electron chi connectivity index (χ1n) is 8.00. The maximum atomic E-state index is 12.6. The molecule has 0 atom stereocenters. The number of anilines is 2. The van der Waals surface area contributed by atoms with Gasteiger partial charge in [-0.15, -0.1) is 0 Å². The summed E-state index contributed by atoms with van der Waals surface area (Å²) in [5.41, 5.74) is 1.41. The zero-order chi connectivity index (χ0) is 20.6. The van der Waals surface area contributed by atoms with Crippen LogP contribution in [0.3, 0.4) is 0 Å². The van der Waals surface area contributed by atoms with Crippen molar-refractivity contribution >= 4 is 49.7 Å². The van der Waals surface area contributed by atoms with Crippen LogP contribution in [-0.4, -0.2) is 33.8 Å². The molecule has 3 rings (SSSR count). The van der Waals surface area contributed by atoms with E-state index in [1.807, 2.05) is 0 Å². The average Bonchev–Trinajstić information content (AvgIpc) is 3.12. The highest BCUT2D eigenvalue weighted by molar-refractivity contribution is 7.92. The first kappa shape index (κ1) is 20.2. The van der Waals surface area contributed by atoms with E-state index in [4.69, 9.17) is 11.6 Å². The summed E-state index contributed by atoms with van der Waals surface area (Å²) in [7, 11) is -2.23. The van der Waals surface area contributed by atoms with Gasteiger partial charge in [0.05, 0.1) is 16.3 Å². The first-order chi connectivity index (χ1) is 13.1. The van der Waals surface area contributed by atoms with E-state index >= 15 is 0 Å². The van der Waals surface area contributed by atoms with Crippen molar-refractivity contribution in [1.82, 2.24) is 19.5 Å². The topological polar surface area (TPSA) is 119 Å². The van der Waals surface area contributed by atoms with Crippen LogP contribution in [0.2, 0.25) is 5.15 Å². The Labute approximate surface area is 170 Å². The zero-order valence-electron chi connectivity index (χ0n) is 15.4. The lowest BCUT2D eigenvalue weighted by Gasteiger charge is -2.09. The number of halogens is 1. The van der Waals surface area contributed by atoms with Crippen molar-refractivity contribution in [2.24, 2.45) is 7.05 Å².